The monoisotopic (exact) mass is 290 g/mol. The van der Waals surface area contributed by atoms with Crippen molar-refractivity contribution < 1.29 is 9.90 Å². The van der Waals surface area contributed by atoms with Gasteiger partial charge < -0.3 is 10.4 Å². The molecule has 4 heteroatoms. The summed E-state index contributed by atoms with van der Waals surface area (Å²) in [6.45, 7) is 4.67. The van der Waals surface area contributed by atoms with E-state index < -0.39 is 6.10 Å². The Hall–Kier alpha value is -1.39. The first-order chi connectivity index (χ1) is 10.1. The molecule has 1 aliphatic rings. The molecule has 0 spiro atoms. The number of aliphatic hydroxyl groups is 1. The molecule has 1 amide bonds. The van der Waals surface area contributed by atoms with Crippen molar-refractivity contribution in [2.45, 2.75) is 51.3 Å². The number of piperidine rings is 1. The molecule has 1 saturated heterocycles. The molecule has 2 rings (SSSR count). The molecule has 0 saturated carbocycles. The topological polar surface area (TPSA) is 52.6 Å². The molecule has 0 radical (unpaired) electrons. The fourth-order valence-corrected chi connectivity index (χ4v) is 2.80. The van der Waals surface area contributed by atoms with Crippen LogP contribution in [0.25, 0.3) is 0 Å². The van der Waals surface area contributed by atoms with Crippen molar-refractivity contribution in [3.8, 4) is 0 Å². The molecule has 1 aromatic rings. The van der Waals surface area contributed by atoms with Crippen molar-refractivity contribution >= 4 is 5.91 Å². The molecular formula is C17H26N2O2. The van der Waals surface area contributed by atoms with Crippen molar-refractivity contribution in [1.29, 1.82) is 0 Å². The zero-order chi connectivity index (χ0) is 15.1. The number of hydrogen-bond acceptors (Lipinski definition) is 3. The maximum atomic E-state index is 11.8. The van der Waals surface area contributed by atoms with Crippen LogP contribution in [0.15, 0.2) is 30.3 Å². The molecule has 116 valence electrons. The van der Waals surface area contributed by atoms with Gasteiger partial charge in [-0.15, -0.1) is 0 Å². The van der Waals surface area contributed by atoms with Crippen LogP contribution >= 0.6 is 0 Å². The fourth-order valence-electron chi connectivity index (χ4n) is 2.80. The first-order valence-electron chi connectivity index (χ1n) is 7.87. The summed E-state index contributed by atoms with van der Waals surface area (Å²) < 4.78 is 0. The minimum Gasteiger partial charge on any atom is -0.393 e. The molecule has 1 heterocycles. The van der Waals surface area contributed by atoms with Gasteiger partial charge in [-0.25, -0.2) is 0 Å². The minimum atomic E-state index is -0.406. The maximum absolute atomic E-state index is 11.8. The van der Waals surface area contributed by atoms with E-state index in [-0.39, 0.29) is 11.9 Å². The molecule has 2 atom stereocenters. The highest BCUT2D eigenvalue weighted by Crippen LogP contribution is 2.14. The first kappa shape index (κ1) is 16.0. The maximum Gasteiger partial charge on any atom is 0.220 e. The number of carbonyl (C=O) groups excluding carboxylic acids is 1. The van der Waals surface area contributed by atoms with Gasteiger partial charge >= 0.3 is 0 Å². The lowest BCUT2D eigenvalue weighted by atomic mass is 10.0. The van der Waals surface area contributed by atoms with Crippen LogP contribution in [0.3, 0.4) is 0 Å². The molecular weight excluding hydrogens is 264 g/mol. The lowest BCUT2D eigenvalue weighted by Gasteiger charge is -2.33. The predicted octanol–water partition coefficient (Wildman–Crippen LogP) is 1.93. The van der Waals surface area contributed by atoms with Gasteiger partial charge in [-0.3, -0.25) is 9.69 Å². The molecule has 1 fully saturated rings. The highest BCUT2D eigenvalue weighted by atomic mass is 16.3. The summed E-state index contributed by atoms with van der Waals surface area (Å²) >= 11 is 0. The van der Waals surface area contributed by atoms with E-state index in [2.05, 4.69) is 34.5 Å². The number of aliphatic hydroxyl groups excluding tert-OH is 1. The van der Waals surface area contributed by atoms with Crippen LogP contribution in [0.5, 0.6) is 0 Å². The third-order valence-electron chi connectivity index (χ3n) is 3.91. The van der Waals surface area contributed by atoms with Crippen molar-refractivity contribution in [2.24, 2.45) is 0 Å². The third kappa shape index (κ3) is 5.86. The largest absolute Gasteiger partial charge is 0.393 e. The Morgan fingerprint density at radius 3 is 2.90 bits per heavy atom. The van der Waals surface area contributed by atoms with Crippen molar-refractivity contribution in [2.75, 3.05) is 13.1 Å². The quantitative estimate of drug-likeness (QED) is 0.842. The van der Waals surface area contributed by atoms with E-state index in [4.69, 9.17) is 0 Å². The number of nitrogens with one attached hydrogen (secondary N) is 1. The van der Waals surface area contributed by atoms with Gasteiger partial charge in [-0.05, 0) is 38.3 Å². The number of nitrogens with zero attached hydrogens (tertiary/aromatic N) is 1. The highest BCUT2D eigenvalue weighted by Gasteiger charge is 2.21. The SMILES string of the molecule is CC(O)CCC(=O)NC1CCCN(Cc2ccccc2)C1. The Morgan fingerprint density at radius 1 is 1.43 bits per heavy atom. The summed E-state index contributed by atoms with van der Waals surface area (Å²) in [6.07, 6.45) is 2.70. The zero-order valence-corrected chi connectivity index (χ0v) is 12.8. The van der Waals surface area contributed by atoms with Crippen LogP contribution in [0.2, 0.25) is 0 Å². The number of carbonyl (C=O) groups is 1. The number of hydrogen-bond donors (Lipinski definition) is 2. The normalized spacial score (nSPS) is 21.0. The summed E-state index contributed by atoms with van der Waals surface area (Å²) in [6, 6.07) is 10.7. The molecule has 4 nitrogen and oxygen atoms in total. The summed E-state index contributed by atoms with van der Waals surface area (Å²) in [5, 5.41) is 12.3. The van der Waals surface area contributed by atoms with Crippen molar-refractivity contribution in [3.05, 3.63) is 35.9 Å². The van der Waals surface area contributed by atoms with Gasteiger partial charge in [-0.2, -0.15) is 0 Å². The Morgan fingerprint density at radius 2 is 2.19 bits per heavy atom. The van der Waals surface area contributed by atoms with Crippen molar-refractivity contribution in [3.63, 3.8) is 0 Å². The predicted molar refractivity (Wildman–Crippen MR) is 83.8 cm³/mol. The lowest BCUT2D eigenvalue weighted by Crippen LogP contribution is -2.47. The average Bonchev–Trinajstić information content (AvgIpc) is 2.46. The molecule has 0 aliphatic carbocycles. The zero-order valence-electron chi connectivity index (χ0n) is 12.8. The second-order valence-electron chi connectivity index (χ2n) is 6.02. The Labute approximate surface area is 127 Å². The highest BCUT2D eigenvalue weighted by molar-refractivity contribution is 5.76. The number of amides is 1. The van der Waals surface area contributed by atoms with E-state index in [1.165, 1.54) is 5.56 Å². The number of rotatable bonds is 6. The van der Waals surface area contributed by atoms with Crippen LogP contribution in [0.1, 0.15) is 38.2 Å². The van der Waals surface area contributed by atoms with E-state index in [1.54, 1.807) is 6.92 Å². The van der Waals surface area contributed by atoms with Crippen LogP contribution in [-0.4, -0.2) is 41.1 Å². The van der Waals surface area contributed by atoms with Gasteiger partial charge in [0.15, 0.2) is 0 Å². The Bertz CT molecular complexity index is 434. The molecule has 0 aromatic heterocycles. The van der Waals surface area contributed by atoms with E-state index in [1.807, 2.05) is 6.07 Å². The summed E-state index contributed by atoms with van der Waals surface area (Å²) in [5.41, 5.74) is 1.32. The Kier molecular flexibility index (Phi) is 6.21. The Balaban J connectivity index is 1.76. The van der Waals surface area contributed by atoms with Gasteiger partial charge in [0.2, 0.25) is 5.91 Å². The molecule has 1 aromatic carbocycles. The molecule has 1 aliphatic heterocycles. The summed E-state index contributed by atoms with van der Waals surface area (Å²) in [5.74, 6) is 0.0578. The van der Waals surface area contributed by atoms with Gasteiger partial charge in [0.1, 0.15) is 0 Å². The lowest BCUT2D eigenvalue weighted by molar-refractivity contribution is -0.122. The number of likely N-dealkylation sites (tertiary alicyclic amines) is 1. The van der Waals surface area contributed by atoms with Gasteiger partial charge in [0.25, 0.3) is 0 Å². The smallest absolute Gasteiger partial charge is 0.220 e. The average molecular weight is 290 g/mol. The van der Waals surface area contributed by atoms with Crippen molar-refractivity contribution in [1.82, 2.24) is 10.2 Å². The van der Waals surface area contributed by atoms with Gasteiger partial charge in [-0.1, -0.05) is 30.3 Å². The second kappa shape index (κ2) is 8.15. The number of benzene rings is 1. The fraction of sp³-hybridized carbons (Fsp3) is 0.588. The summed E-state index contributed by atoms with van der Waals surface area (Å²) in [4.78, 5) is 14.2. The van der Waals surface area contributed by atoms with Crippen LogP contribution in [0.4, 0.5) is 0 Å². The standard InChI is InChI=1S/C17H26N2O2/c1-14(20)9-10-17(21)18-16-8-5-11-19(13-16)12-15-6-3-2-4-7-15/h2-4,6-7,14,16,20H,5,8-13H2,1H3,(H,18,21). The third-order valence-corrected chi connectivity index (χ3v) is 3.91. The first-order valence-corrected chi connectivity index (χ1v) is 7.87. The van der Waals surface area contributed by atoms with E-state index in [0.717, 1.165) is 32.5 Å². The molecule has 0 bridgehead atoms. The minimum absolute atomic E-state index is 0.0578. The van der Waals surface area contributed by atoms with Gasteiger partial charge in [0.05, 0.1) is 6.10 Å². The molecule has 21 heavy (non-hydrogen) atoms. The van der Waals surface area contributed by atoms with E-state index in [9.17, 15) is 9.90 Å². The molecule has 2 N–H and O–H groups in total. The second-order valence-corrected chi connectivity index (χ2v) is 6.02. The van der Waals surface area contributed by atoms with Crippen LogP contribution in [0, 0.1) is 0 Å². The van der Waals surface area contributed by atoms with Crippen LogP contribution in [-0.2, 0) is 11.3 Å². The summed E-state index contributed by atoms with van der Waals surface area (Å²) in [7, 11) is 0. The molecule has 2 unspecified atom stereocenters. The van der Waals surface area contributed by atoms with Gasteiger partial charge in [0, 0.05) is 25.6 Å². The van der Waals surface area contributed by atoms with E-state index >= 15 is 0 Å². The van der Waals surface area contributed by atoms with E-state index in [0.29, 0.717) is 12.8 Å². The van der Waals surface area contributed by atoms with Crippen LogP contribution < -0.4 is 5.32 Å².